The Kier molecular flexibility index (Phi) is 3.49. The fourth-order valence-electron chi connectivity index (χ4n) is 2.94. The third-order valence-corrected chi connectivity index (χ3v) is 4.77. The number of anilines is 1. The highest BCUT2D eigenvalue weighted by Crippen LogP contribution is 2.40. The molecule has 1 unspecified atom stereocenters. The molecule has 0 radical (unpaired) electrons. The molecule has 2 aromatic rings. The summed E-state index contributed by atoms with van der Waals surface area (Å²) in [6, 6.07) is 16.5. The SMILES string of the molecule is Cc1ccccc1N1C(N)=NCC1(C)c1ccccc1Br. The van der Waals surface area contributed by atoms with Crippen LogP contribution in [0.3, 0.4) is 0 Å². The first-order valence-electron chi connectivity index (χ1n) is 6.95. The van der Waals surface area contributed by atoms with Crippen molar-refractivity contribution in [3.63, 3.8) is 0 Å². The van der Waals surface area contributed by atoms with Gasteiger partial charge in [0.05, 0.1) is 12.1 Å². The summed E-state index contributed by atoms with van der Waals surface area (Å²) in [5, 5.41) is 0. The molecule has 0 aromatic heterocycles. The maximum absolute atomic E-state index is 6.20. The molecule has 3 rings (SSSR count). The molecule has 3 nitrogen and oxygen atoms in total. The number of benzene rings is 2. The van der Waals surface area contributed by atoms with Crippen LogP contribution in [0.2, 0.25) is 0 Å². The van der Waals surface area contributed by atoms with Crippen molar-refractivity contribution in [2.45, 2.75) is 19.4 Å². The number of guanidine groups is 1. The molecule has 1 atom stereocenters. The number of para-hydroxylation sites is 1. The maximum atomic E-state index is 6.20. The molecule has 0 aliphatic carbocycles. The molecule has 1 aliphatic heterocycles. The molecule has 0 bridgehead atoms. The van der Waals surface area contributed by atoms with Crippen LogP contribution in [-0.2, 0) is 5.54 Å². The lowest BCUT2D eigenvalue weighted by Crippen LogP contribution is -2.48. The lowest BCUT2D eigenvalue weighted by atomic mass is 9.90. The van der Waals surface area contributed by atoms with Crippen LogP contribution in [-0.4, -0.2) is 12.5 Å². The highest BCUT2D eigenvalue weighted by Gasteiger charge is 2.42. The maximum Gasteiger partial charge on any atom is 0.196 e. The number of nitrogens with two attached hydrogens (primary N) is 1. The minimum atomic E-state index is -0.281. The average molecular weight is 344 g/mol. The van der Waals surface area contributed by atoms with Gasteiger partial charge in [-0.3, -0.25) is 4.99 Å². The Balaban J connectivity index is 2.16. The van der Waals surface area contributed by atoms with Crippen LogP contribution in [0.1, 0.15) is 18.1 Å². The van der Waals surface area contributed by atoms with Gasteiger partial charge in [-0.1, -0.05) is 52.3 Å². The molecular weight excluding hydrogens is 326 g/mol. The third kappa shape index (κ3) is 2.23. The molecule has 2 N–H and O–H groups in total. The molecule has 21 heavy (non-hydrogen) atoms. The molecule has 0 spiro atoms. The molecule has 4 heteroatoms. The second-order valence-electron chi connectivity index (χ2n) is 5.55. The van der Waals surface area contributed by atoms with Crippen molar-refractivity contribution in [1.29, 1.82) is 0 Å². The van der Waals surface area contributed by atoms with E-state index in [4.69, 9.17) is 5.73 Å². The molecule has 1 heterocycles. The van der Waals surface area contributed by atoms with Crippen molar-refractivity contribution in [3.05, 3.63) is 64.1 Å². The summed E-state index contributed by atoms with van der Waals surface area (Å²) in [4.78, 5) is 6.65. The van der Waals surface area contributed by atoms with E-state index in [9.17, 15) is 0 Å². The zero-order valence-corrected chi connectivity index (χ0v) is 13.8. The standard InChI is InChI=1S/C17H18BrN3/c1-12-7-3-6-10-15(12)21-16(19)20-11-17(21,2)13-8-4-5-9-14(13)18/h3-10H,11H2,1-2H3,(H2,19,20). The molecule has 0 fully saturated rings. The van der Waals surface area contributed by atoms with Gasteiger partial charge in [0, 0.05) is 10.2 Å². The van der Waals surface area contributed by atoms with E-state index < -0.39 is 0 Å². The first-order chi connectivity index (χ1) is 10.0. The Morgan fingerprint density at radius 1 is 1.14 bits per heavy atom. The number of rotatable bonds is 2. The van der Waals surface area contributed by atoms with Crippen LogP contribution < -0.4 is 10.6 Å². The summed E-state index contributed by atoms with van der Waals surface area (Å²) in [6.45, 7) is 4.93. The summed E-state index contributed by atoms with van der Waals surface area (Å²) in [5.41, 5.74) is 9.41. The summed E-state index contributed by atoms with van der Waals surface area (Å²) >= 11 is 3.66. The van der Waals surface area contributed by atoms with Crippen molar-refractivity contribution in [3.8, 4) is 0 Å². The molecule has 2 aromatic carbocycles. The van der Waals surface area contributed by atoms with Crippen LogP contribution in [0.15, 0.2) is 58.0 Å². The predicted octanol–water partition coefficient (Wildman–Crippen LogP) is 3.81. The minimum absolute atomic E-state index is 0.281. The quantitative estimate of drug-likeness (QED) is 0.900. The van der Waals surface area contributed by atoms with Gasteiger partial charge >= 0.3 is 0 Å². The monoisotopic (exact) mass is 343 g/mol. The lowest BCUT2D eigenvalue weighted by molar-refractivity contribution is 0.529. The van der Waals surface area contributed by atoms with Gasteiger partial charge < -0.3 is 10.6 Å². The van der Waals surface area contributed by atoms with Crippen LogP contribution >= 0.6 is 15.9 Å². The number of hydrogen-bond acceptors (Lipinski definition) is 3. The van der Waals surface area contributed by atoms with Crippen LogP contribution in [0.5, 0.6) is 0 Å². The molecule has 0 saturated heterocycles. The van der Waals surface area contributed by atoms with E-state index in [0.29, 0.717) is 12.5 Å². The molecule has 0 saturated carbocycles. The van der Waals surface area contributed by atoms with Gasteiger partial charge in [0.2, 0.25) is 0 Å². The van der Waals surface area contributed by atoms with Crippen molar-refractivity contribution < 1.29 is 0 Å². The summed E-state index contributed by atoms with van der Waals surface area (Å²) in [6.07, 6.45) is 0. The van der Waals surface area contributed by atoms with Gasteiger partial charge in [0.15, 0.2) is 5.96 Å². The van der Waals surface area contributed by atoms with Gasteiger partial charge in [-0.2, -0.15) is 0 Å². The van der Waals surface area contributed by atoms with Crippen molar-refractivity contribution in [1.82, 2.24) is 0 Å². The molecule has 1 aliphatic rings. The number of aryl methyl sites for hydroxylation is 1. The normalized spacial score (nSPS) is 21.5. The van der Waals surface area contributed by atoms with Crippen LogP contribution in [0, 0.1) is 6.92 Å². The number of hydrogen-bond donors (Lipinski definition) is 1. The Labute approximate surface area is 133 Å². The van der Waals surface area contributed by atoms with E-state index in [1.807, 2.05) is 18.2 Å². The fourth-order valence-corrected chi connectivity index (χ4v) is 3.65. The van der Waals surface area contributed by atoms with Crippen molar-refractivity contribution in [2.75, 3.05) is 11.4 Å². The Bertz CT molecular complexity index is 711. The molecular formula is C17H18BrN3. The Morgan fingerprint density at radius 2 is 1.81 bits per heavy atom. The van der Waals surface area contributed by atoms with Gasteiger partial charge in [-0.15, -0.1) is 0 Å². The topological polar surface area (TPSA) is 41.6 Å². The highest BCUT2D eigenvalue weighted by molar-refractivity contribution is 9.10. The fraction of sp³-hybridized carbons (Fsp3) is 0.235. The largest absolute Gasteiger partial charge is 0.369 e. The van der Waals surface area contributed by atoms with E-state index in [1.165, 1.54) is 11.1 Å². The summed E-state index contributed by atoms with van der Waals surface area (Å²) in [7, 11) is 0. The third-order valence-electron chi connectivity index (χ3n) is 4.08. The second-order valence-corrected chi connectivity index (χ2v) is 6.40. The van der Waals surface area contributed by atoms with Gasteiger partial charge in [0.25, 0.3) is 0 Å². The second kappa shape index (κ2) is 5.19. The first-order valence-corrected chi connectivity index (χ1v) is 7.74. The zero-order valence-electron chi connectivity index (χ0n) is 12.2. The average Bonchev–Trinajstić information content (AvgIpc) is 2.77. The first kappa shape index (κ1) is 14.1. The van der Waals surface area contributed by atoms with Gasteiger partial charge in [0.1, 0.15) is 0 Å². The Morgan fingerprint density at radius 3 is 2.52 bits per heavy atom. The minimum Gasteiger partial charge on any atom is -0.369 e. The van der Waals surface area contributed by atoms with E-state index >= 15 is 0 Å². The van der Waals surface area contributed by atoms with E-state index in [-0.39, 0.29) is 5.54 Å². The van der Waals surface area contributed by atoms with E-state index in [1.54, 1.807) is 0 Å². The van der Waals surface area contributed by atoms with Crippen molar-refractivity contribution in [2.24, 2.45) is 10.7 Å². The highest BCUT2D eigenvalue weighted by atomic mass is 79.9. The summed E-state index contributed by atoms with van der Waals surface area (Å²) < 4.78 is 1.08. The number of nitrogens with zero attached hydrogens (tertiary/aromatic N) is 2. The Hall–Kier alpha value is -1.81. The van der Waals surface area contributed by atoms with Crippen molar-refractivity contribution >= 4 is 27.6 Å². The van der Waals surface area contributed by atoms with Crippen LogP contribution in [0.4, 0.5) is 5.69 Å². The predicted molar refractivity (Wildman–Crippen MR) is 91.6 cm³/mol. The van der Waals surface area contributed by atoms with E-state index in [2.05, 4.69) is 70.0 Å². The van der Waals surface area contributed by atoms with Gasteiger partial charge in [-0.05, 0) is 37.1 Å². The molecule has 0 amide bonds. The number of aliphatic imine (C=N–C) groups is 1. The van der Waals surface area contributed by atoms with Gasteiger partial charge in [-0.25, -0.2) is 0 Å². The lowest BCUT2D eigenvalue weighted by Gasteiger charge is -2.38. The van der Waals surface area contributed by atoms with E-state index in [0.717, 1.165) is 10.2 Å². The zero-order chi connectivity index (χ0) is 15.0. The smallest absolute Gasteiger partial charge is 0.196 e. The van der Waals surface area contributed by atoms with Crippen LogP contribution in [0.25, 0.3) is 0 Å². The number of halogens is 1. The summed E-state index contributed by atoms with van der Waals surface area (Å²) in [5.74, 6) is 0.572. The molecule has 108 valence electrons.